The van der Waals surface area contributed by atoms with Gasteiger partial charge < -0.3 is 10.4 Å². The molecule has 0 spiro atoms. The zero-order valence-electron chi connectivity index (χ0n) is 16.1. The Morgan fingerprint density at radius 3 is 2.76 bits per heavy atom. The number of nitrogens with zero attached hydrogens (tertiary/aromatic N) is 3. The number of carboxylic acids is 1. The van der Waals surface area contributed by atoms with Crippen LogP contribution in [-0.2, 0) is 9.59 Å². The zero-order chi connectivity index (χ0) is 21.3. The Morgan fingerprint density at radius 1 is 1.38 bits per heavy atom. The van der Waals surface area contributed by atoms with Gasteiger partial charge in [-0.05, 0) is 30.5 Å². The van der Waals surface area contributed by atoms with Crippen molar-refractivity contribution >= 4 is 57.7 Å². The van der Waals surface area contributed by atoms with Crippen LogP contribution in [0.2, 0.25) is 0 Å². The second-order valence-electron chi connectivity index (χ2n) is 7.05. The van der Waals surface area contributed by atoms with Crippen LogP contribution in [0.3, 0.4) is 0 Å². The van der Waals surface area contributed by atoms with E-state index in [2.05, 4.69) is 10.3 Å². The molecule has 1 amide bonds. The monoisotopic (exact) mass is 432 g/mol. The van der Waals surface area contributed by atoms with Gasteiger partial charge in [-0.1, -0.05) is 43.9 Å². The minimum atomic E-state index is -1.16. The van der Waals surface area contributed by atoms with Crippen molar-refractivity contribution in [1.82, 2.24) is 14.3 Å². The number of hydrogen-bond donors (Lipinski definition) is 2. The van der Waals surface area contributed by atoms with E-state index in [0.29, 0.717) is 23.9 Å². The summed E-state index contributed by atoms with van der Waals surface area (Å²) in [6, 6.07) is 3.62. The normalized spacial score (nSPS) is 15.7. The zero-order valence-corrected chi connectivity index (χ0v) is 17.8. The van der Waals surface area contributed by atoms with E-state index in [0.717, 1.165) is 22.2 Å². The Balaban J connectivity index is 2.12. The molecule has 10 heteroatoms. The number of pyridine rings is 1. The predicted molar refractivity (Wildman–Crippen MR) is 117 cm³/mol. The smallest absolute Gasteiger partial charge is 0.323 e. The number of thiocarbonyl (C=S) groups is 1. The van der Waals surface area contributed by atoms with Gasteiger partial charge in [0.25, 0.3) is 11.5 Å². The van der Waals surface area contributed by atoms with Gasteiger partial charge in [-0.25, -0.2) is 4.98 Å². The molecule has 3 rings (SSSR count). The number of carbonyl (C=O) groups excluding carboxylic acids is 1. The highest BCUT2D eigenvalue weighted by atomic mass is 32.2. The molecule has 152 valence electrons. The number of thioether (sulfide) groups is 1. The molecule has 0 bridgehead atoms. The number of amides is 1. The Morgan fingerprint density at radius 2 is 2.10 bits per heavy atom. The number of carbonyl (C=O) groups is 2. The third kappa shape index (κ3) is 4.48. The molecule has 0 aliphatic carbocycles. The fraction of sp³-hybridized carbons (Fsp3) is 0.316. The quantitative estimate of drug-likeness (QED) is 0.530. The lowest BCUT2D eigenvalue weighted by molar-refractivity contribution is -0.140. The maximum Gasteiger partial charge on any atom is 0.323 e. The number of nitrogens with one attached hydrogen (secondary N) is 1. The maximum absolute atomic E-state index is 13.2. The fourth-order valence-electron chi connectivity index (χ4n) is 2.73. The number of aromatic nitrogens is 2. The highest BCUT2D eigenvalue weighted by Gasteiger charge is 2.34. The number of hydrogen-bond acceptors (Lipinski definition) is 7. The van der Waals surface area contributed by atoms with Crippen LogP contribution in [-0.4, -0.2) is 48.7 Å². The number of anilines is 1. The molecule has 0 unspecified atom stereocenters. The van der Waals surface area contributed by atoms with Gasteiger partial charge >= 0.3 is 5.97 Å². The molecule has 2 N–H and O–H groups in total. The number of fused-ring (bicyclic) bond motifs is 1. The van der Waals surface area contributed by atoms with Gasteiger partial charge in [0.05, 0.1) is 10.5 Å². The van der Waals surface area contributed by atoms with E-state index in [1.807, 2.05) is 26.8 Å². The van der Waals surface area contributed by atoms with Crippen LogP contribution in [0.15, 0.2) is 28.0 Å². The fourth-order valence-corrected chi connectivity index (χ4v) is 3.96. The standard InChI is InChI=1S/C19H20N4O4S2/c1-10(2)7-20-16-12(17(26)22-8-11(3)4-5-14(22)21-16)6-13-18(27)23(9-15(24)25)19(28)29-13/h4-6,8,10,20H,7,9H2,1-3H3,(H,24,25). The number of aryl methyl sites for hydroxylation is 1. The van der Waals surface area contributed by atoms with Gasteiger partial charge in [0.2, 0.25) is 0 Å². The minimum absolute atomic E-state index is 0.144. The lowest BCUT2D eigenvalue weighted by atomic mass is 10.2. The summed E-state index contributed by atoms with van der Waals surface area (Å²) in [6.07, 6.45) is 3.12. The van der Waals surface area contributed by atoms with Gasteiger partial charge in [0.15, 0.2) is 0 Å². The average molecular weight is 433 g/mol. The van der Waals surface area contributed by atoms with Gasteiger partial charge in [-0.2, -0.15) is 0 Å². The molecule has 2 aromatic heterocycles. The van der Waals surface area contributed by atoms with E-state index in [9.17, 15) is 14.4 Å². The second-order valence-corrected chi connectivity index (χ2v) is 8.73. The van der Waals surface area contributed by atoms with E-state index in [-0.39, 0.29) is 20.3 Å². The molecule has 0 saturated carbocycles. The lowest BCUT2D eigenvalue weighted by Gasteiger charge is -2.13. The molecule has 1 fully saturated rings. The Bertz CT molecular complexity index is 1110. The second kappa shape index (κ2) is 8.34. The summed E-state index contributed by atoms with van der Waals surface area (Å²) >= 11 is 6.09. The van der Waals surface area contributed by atoms with Crippen LogP contribution in [0.1, 0.15) is 25.0 Å². The SMILES string of the molecule is Cc1ccc2nc(NCC(C)C)c(C=C3SC(=S)N(CC(=O)O)C3=O)c(=O)n2c1. The van der Waals surface area contributed by atoms with Gasteiger partial charge in [0.1, 0.15) is 22.3 Å². The van der Waals surface area contributed by atoms with Crippen molar-refractivity contribution in [1.29, 1.82) is 0 Å². The summed E-state index contributed by atoms with van der Waals surface area (Å²) in [5.74, 6) is -1.01. The number of aliphatic carboxylic acids is 1. The highest BCUT2D eigenvalue weighted by molar-refractivity contribution is 8.26. The summed E-state index contributed by atoms with van der Waals surface area (Å²) < 4.78 is 1.57. The van der Waals surface area contributed by atoms with Crippen LogP contribution in [0, 0.1) is 12.8 Å². The van der Waals surface area contributed by atoms with Crippen LogP contribution < -0.4 is 10.9 Å². The van der Waals surface area contributed by atoms with Gasteiger partial charge in [-0.15, -0.1) is 0 Å². The van der Waals surface area contributed by atoms with E-state index in [1.54, 1.807) is 12.3 Å². The molecule has 1 aliphatic heterocycles. The molecule has 2 aromatic rings. The first kappa shape index (κ1) is 21.0. The molecular formula is C19H20N4O4S2. The third-order valence-electron chi connectivity index (χ3n) is 4.13. The van der Waals surface area contributed by atoms with Crippen molar-refractivity contribution in [2.75, 3.05) is 18.4 Å². The number of carboxylic acid groups (broad SMARTS) is 1. The summed E-state index contributed by atoms with van der Waals surface area (Å²) in [7, 11) is 0. The van der Waals surface area contributed by atoms with Crippen LogP contribution >= 0.6 is 24.0 Å². The molecule has 29 heavy (non-hydrogen) atoms. The van der Waals surface area contributed by atoms with E-state index in [1.165, 1.54) is 10.5 Å². The van der Waals surface area contributed by atoms with E-state index >= 15 is 0 Å². The minimum Gasteiger partial charge on any atom is -0.480 e. The van der Waals surface area contributed by atoms with Gasteiger partial charge in [-0.3, -0.25) is 23.7 Å². The van der Waals surface area contributed by atoms with Crippen LogP contribution in [0.25, 0.3) is 11.7 Å². The topological polar surface area (TPSA) is 104 Å². The van der Waals surface area contributed by atoms with Crippen LogP contribution in [0.4, 0.5) is 5.82 Å². The van der Waals surface area contributed by atoms with Crippen LogP contribution in [0.5, 0.6) is 0 Å². The summed E-state index contributed by atoms with van der Waals surface area (Å²) in [5, 5.41) is 12.2. The molecular weight excluding hydrogens is 412 g/mol. The maximum atomic E-state index is 13.2. The molecule has 0 aromatic carbocycles. The molecule has 0 radical (unpaired) electrons. The van der Waals surface area contributed by atoms with Crippen molar-refractivity contribution in [3.8, 4) is 0 Å². The van der Waals surface area contributed by atoms with E-state index in [4.69, 9.17) is 17.3 Å². The molecule has 8 nitrogen and oxygen atoms in total. The summed E-state index contributed by atoms with van der Waals surface area (Å²) in [5.41, 5.74) is 1.28. The highest BCUT2D eigenvalue weighted by Crippen LogP contribution is 2.32. The summed E-state index contributed by atoms with van der Waals surface area (Å²) in [4.78, 5) is 42.5. The molecule has 1 saturated heterocycles. The largest absolute Gasteiger partial charge is 0.480 e. The predicted octanol–water partition coefficient (Wildman–Crippen LogP) is 2.36. The Hall–Kier alpha value is -2.72. The van der Waals surface area contributed by atoms with E-state index < -0.39 is 18.4 Å². The molecule has 3 heterocycles. The third-order valence-corrected chi connectivity index (χ3v) is 5.50. The lowest BCUT2D eigenvalue weighted by Crippen LogP contribution is -2.33. The summed E-state index contributed by atoms with van der Waals surface area (Å²) in [6.45, 7) is 6.00. The van der Waals surface area contributed by atoms with Crippen molar-refractivity contribution in [2.24, 2.45) is 5.92 Å². The van der Waals surface area contributed by atoms with Crippen molar-refractivity contribution < 1.29 is 14.7 Å². The van der Waals surface area contributed by atoms with Crippen molar-refractivity contribution in [2.45, 2.75) is 20.8 Å². The van der Waals surface area contributed by atoms with Gasteiger partial charge in [0, 0.05) is 12.7 Å². The van der Waals surface area contributed by atoms with Crippen molar-refractivity contribution in [3.63, 3.8) is 0 Å². The Kier molecular flexibility index (Phi) is 6.04. The molecule has 0 atom stereocenters. The first-order valence-corrected chi connectivity index (χ1v) is 10.1. The molecule has 1 aliphatic rings. The number of rotatable bonds is 6. The first-order valence-electron chi connectivity index (χ1n) is 8.91. The average Bonchev–Trinajstić information content (AvgIpc) is 2.90. The van der Waals surface area contributed by atoms with Crippen molar-refractivity contribution in [3.05, 3.63) is 44.7 Å². The Labute approximate surface area is 176 Å². The first-order chi connectivity index (χ1) is 13.7.